The van der Waals surface area contributed by atoms with Crippen LogP contribution in [0.1, 0.15) is 54.4 Å². The molecule has 0 aromatic carbocycles. The molecule has 0 bridgehead atoms. The Balaban J connectivity index is 3.92. The molecule has 0 aromatic rings. The van der Waals surface area contributed by atoms with Gasteiger partial charge in [0.2, 0.25) is 0 Å². The third kappa shape index (κ3) is 4.76. The zero-order valence-electron chi connectivity index (χ0n) is 9.48. The predicted molar refractivity (Wildman–Crippen MR) is 54.4 cm³/mol. The molecule has 0 saturated carbocycles. The van der Waals surface area contributed by atoms with Gasteiger partial charge in [-0.25, -0.2) is 0 Å². The van der Waals surface area contributed by atoms with E-state index in [1.807, 2.05) is 0 Å². The summed E-state index contributed by atoms with van der Waals surface area (Å²) >= 11 is 0. The molecule has 0 N–H and O–H groups in total. The van der Waals surface area contributed by atoms with E-state index in [1.54, 1.807) is 0 Å². The summed E-state index contributed by atoms with van der Waals surface area (Å²) in [5, 5.41) is 0. The second kappa shape index (κ2) is 4.86. The summed E-state index contributed by atoms with van der Waals surface area (Å²) in [6.45, 7) is 13.0. The SMILES string of the molecule is CCC(CC)C(C)OC(C)(C)C. The monoisotopic (exact) mass is 172 g/mol. The van der Waals surface area contributed by atoms with Gasteiger partial charge < -0.3 is 4.74 Å². The van der Waals surface area contributed by atoms with Crippen LogP contribution >= 0.6 is 0 Å². The lowest BCUT2D eigenvalue weighted by Gasteiger charge is -2.29. The fraction of sp³-hybridized carbons (Fsp3) is 1.00. The maximum Gasteiger partial charge on any atom is 0.0602 e. The normalized spacial score (nSPS) is 15.2. The van der Waals surface area contributed by atoms with Crippen molar-refractivity contribution < 1.29 is 4.74 Å². The van der Waals surface area contributed by atoms with Crippen molar-refractivity contribution in [3.8, 4) is 0 Å². The van der Waals surface area contributed by atoms with Gasteiger partial charge in [0.25, 0.3) is 0 Å². The Labute approximate surface area is 77.5 Å². The molecule has 0 aliphatic heterocycles. The molecule has 74 valence electrons. The minimum atomic E-state index is 0.00199. The molecule has 1 unspecified atom stereocenters. The van der Waals surface area contributed by atoms with Crippen LogP contribution in [0.4, 0.5) is 0 Å². The Kier molecular flexibility index (Phi) is 4.84. The van der Waals surface area contributed by atoms with Crippen LogP contribution < -0.4 is 0 Å². The molecule has 1 heteroatoms. The van der Waals surface area contributed by atoms with Crippen molar-refractivity contribution in [3.63, 3.8) is 0 Å². The summed E-state index contributed by atoms with van der Waals surface area (Å²) in [7, 11) is 0. The van der Waals surface area contributed by atoms with Crippen LogP contribution in [-0.2, 0) is 4.74 Å². The topological polar surface area (TPSA) is 9.23 Å². The van der Waals surface area contributed by atoms with Crippen LogP contribution in [0, 0.1) is 5.92 Å². The molecular weight excluding hydrogens is 148 g/mol. The summed E-state index contributed by atoms with van der Waals surface area (Å²) < 4.78 is 5.88. The van der Waals surface area contributed by atoms with Crippen molar-refractivity contribution in [2.75, 3.05) is 0 Å². The maximum atomic E-state index is 5.88. The summed E-state index contributed by atoms with van der Waals surface area (Å²) in [4.78, 5) is 0. The molecular formula is C11H24O. The molecule has 0 radical (unpaired) electrons. The van der Waals surface area contributed by atoms with E-state index in [0.717, 1.165) is 0 Å². The van der Waals surface area contributed by atoms with Crippen LogP contribution in [0.5, 0.6) is 0 Å². The van der Waals surface area contributed by atoms with Gasteiger partial charge in [0.15, 0.2) is 0 Å². The Morgan fingerprint density at radius 1 is 1.08 bits per heavy atom. The lowest BCUT2D eigenvalue weighted by molar-refractivity contribution is -0.0771. The molecule has 0 aliphatic carbocycles. The predicted octanol–water partition coefficient (Wildman–Crippen LogP) is 3.63. The molecule has 0 amide bonds. The lowest BCUT2D eigenvalue weighted by atomic mass is 9.97. The van der Waals surface area contributed by atoms with E-state index < -0.39 is 0 Å². The first kappa shape index (κ1) is 12.0. The first-order valence-electron chi connectivity index (χ1n) is 5.08. The zero-order chi connectivity index (χ0) is 9.78. The van der Waals surface area contributed by atoms with E-state index in [4.69, 9.17) is 4.74 Å². The minimum Gasteiger partial charge on any atom is -0.373 e. The number of ether oxygens (including phenoxy) is 1. The zero-order valence-corrected chi connectivity index (χ0v) is 9.48. The molecule has 1 nitrogen and oxygen atoms in total. The van der Waals surface area contributed by atoms with Crippen molar-refractivity contribution in [2.24, 2.45) is 5.92 Å². The third-order valence-corrected chi connectivity index (χ3v) is 2.25. The van der Waals surface area contributed by atoms with E-state index in [1.165, 1.54) is 12.8 Å². The van der Waals surface area contributed by atoms with E-state index >= 15 is 0 Å². The van der Waals surface area contributed by atoms with Crippen LogP contribution in [0.3, 0.4) is 0 Å². The molecule has 0 aliphatic rings. The summed E-state index contributed by atoms with van der Waals surface area (Å²) in [6.07, 6.45) is 2.82. The first-order valence-corrected chi connectivity index (χ1v) is 5.08. The van der Waals surface area contributed by atoms with Gasteiger partial charge in [0.05, 0.1) is 11.7 Å². The average molecular weight is 172 g/mol. The summed E-state index contributed by atoms with van der Waals surface area (Å²) in [5.74, 6) is 0.712. The average Bonchev–Trinajstić information content (AvgIpc) is 1.85. The van der Waals surface area contributed by atoms with Crippen LogP contribution in [0.25, 0.3) is 0 Å². The van der Waals surface area contributed by atoms with Gasteiger partial charge in [0, 0.05) is 0 Å². The maximum absolute atomic E-state index is 5.88. The van der Waals surface area contributed by atoms with Crippen LogP contribution in [-0.4, -0.2) is 11.7 Å². The van der Waals surface area contributed by atoms with E-state index in [9.17, 15) is 0 Å². The van der Waals surface area contributed by atoms with Crippen molar-refractivity contribution in [2.45, 2.75) is 66.1 Å². The van der Waals surface area contributed by atoms with Crippen molar-refractivity contribution >= 4 is 0 Å². The Bertz CT molecular complexity index is 109. The van der Waals surface area contributed by atoms with Gasteiger partial charge in [0.1, 0.15) is 0 Å². The Morgan fingerprint density at radius 3 is 1.75 bits per heavy atom. The minimum absolute atomic E-state index is 0.00199. The number of hydrogen-bond acceptors (Lipinski definition) is 1. The highest BCUT2D eigenvalue weighted by Gasteiger charge is 2.20. The Morgan fingerprint density at radius 2 is 1.50 bits per heavy atom. The highest BCUT2D eigenvalue weighted by atomic mass is 16.5. The summed E-state index contributed by atoms with van der Waals surface area (Å²) in [5.41, 5.74) is 0.00199. The molecule has 0 saturated heterocycles. The molecule has 0 aromatic heterocycles. The largest absolute Gasteiger partial charge is 0.373 e. The lowest BCUT2D eigenvalue weighted by Crippen LogP contribution is -2.30. The van der Waals surface area contributed by atoms with E-state index in [-0.39, 0.29) is 5.60 Å². The molecule has 0 fully saturated rings. The quantitative estimate of drug-likeness (QED) is 0.629. The van der Waals surface area contributed by atoms with Gasteiger partial charge in [-0.2, -0.15) is 0 Å². The summed E-state index contributed by atoms with van der Waals surface area (Å²) in [6, 6.07) is 0. The number of hydrogen-bond donors (Lipinski definition) is 0. The highest BCUT2D eigenvalue weighted by Crippen LogP contribution is 2.20. The van der Waals surface area contributed by atoms with E-state index in [0.29, 0.717) is 12.0 Å². The fourth-order valence-electron chi connectivity index (χ4n) is 1.61. The van der Waals surface area contributed by atoms with Gasteiger partial charge in [-0.3, -0.25) is 0 Å². The molecule has 1 atom stereocenters. The van der Waals surface area contributed by atoms with Gasteiger partial charge >= 0.3 is 0 Å². The first-order chi connectivity index (χ1) is 5.40. The standard InChI is InChI=1S/C11H24O/c1-7-10(8-2)9(3)12-11(4,5)6/h9-10H,7-8H2,1-6H3. The molecule has 0 heterocycles. The van der Waals surface area contributed by atoms with Gasteiger partial charge in [-0.15, -0.1) is 0 Å². The van der Waals surface area contributed by atoms with Crippen molar-refractivity contribution in [1.29, 1.82) is 0 Å². The van der Waals surface area contributed by atoms with Crippen LogP contribution in [0.15, 0.2) is 0 Å². The highest BCUT2D eigenvalue weighted by molar-refractivity contribution is 4.68. The van der Waals surface area contributed by atoms with Crippen molar-refractivity contribution in [3.05, 3.63) is 0 Å². The Hall–Kier alpha value is -0.0400. The fourth-order valence-corrected chi connectivity index (χ4v) is 1.61. The smallest absolute Gasteiger partial charge is 0.0602 e. The molecule has 0 rings (SSSR count). The molecule has 12 heavy (non-hydrogen) atoms. The van der Waals surface area contributed by atoms with Crippen LogP contribution in [0.2, 0.25) is 0 Å². The van der Waals surface area contributed by atoms with Gasteiger partial charge in [-0.05, 0) is 33.6 Å². The number of rotatable bonds is 4. The third-order valence-electron chi connectivity index (χ3n) is 2.25. The second-order valence-corrected chi connectivity index (χ2v) is 4.51. The van der Waals surface area contributed by atoms with Crippen molar-refractivity contribution in [1.82, 2.24) is 0 Å². The molecule has 0 spiro atoms. The second-order valence-electron chi connectivity index (χ2n) is 4.51. The van der Waals surface area contributed by atoms with Gasteiger partial charge in [-0.1, -0.05) is 26.7 Å². The van der Waals surface area contributed by atoms with E-state index in [2.05, 4.69) is 41.5 Å².